The first-order chi connectivity index (χ1) is 7.26. The molecule has 0 aliphatic heterocycles. The van der Waals surface area contributed by atoms with E-state index >= 15 is 0 Å². The minimum Gasteiger partial charge on any atom is -0.465 e. The molecule has 15 heavy (non-hydrogen) atoms. The highest BCUT2D eigenvalue weighted by Crippen LogP contribution is 2.29. The molecule has 0 aromatic rings. The van der Waals surface area contributed by atoms with Crippen LogP contribution >= 0.6 is 0 Å². The summed E-state index contributed by atoms with van der Waals surface area (Å²) < 4.78 is 5.14. The van der Waals surface area contributed by atoms with Gasteiger partial charge in [0.2, 0.25) is 0 Å². The molecule has 0 aromatic carbocycles. The standard InChI is InChI=1S/C12H23NO2/c1-3-5-8-15-12(14)10-13(4-2)9-11-6-7-11/h11H,3-10H2,1-2H3. The summed E-state index contributed by atoms with van der Waals surface area (Å²) in [6.07, 6.45) is 4.72. The fourth-order valence-electron chi connectivity index (χ4n) is 1.53. The lowest BCUT2D eigenvalue weighted by atomic mass is 10.3. The van der Waals surface area contributed by atoms with Crippen molar-refractivity contribution in [3.05, 3.63) is 0 Å². The van der Waals surface area contributed by atoms with Gasteiger partial charge in [-0.25, -0.2) is 0 Å². The number of carbonyl (C=O) groups is 1. The molecule has 1 fully saturated rings. The molecular weight excluding hydrogens is 190 g/mol. The van der Waals surface area contributed by atoms with Gasteiger partial charge in [0.05, 0.1) is 13.2 Å². The molecule has 0 amide bonds. The highest BCUT2D eigenvalue weighted by molar-refractivity contribution is 5.71. The molecule has 1 aliphatic carbocycles. The highest BCUT2D eigenvalue weighted by Gasteiger charge is 2.24. The molecule has 0 saturated heterocycles. The van der Waals surface area contributed by atoms with Crippen molar-refractivity contribution in [2.45, 2.75) is 39.5 Å². The molecule has 3 nitrogen and oxygen atoms in total. The molecule has 0 aromatic heterocycles. The van der Waals surface area contributed by atoms with Crippen LogP contribution in [-0.2, 0) is 9.53 Å². The molecule has 0 spiro atoms. The predicted octanol–water partition coefficient (Wildman–Crippen LogP) is 2.06. The number of carbonyl (C=O) groups excluding carboxylic acids is 1. The van der Waals surface area contributed by atoms with E-state index in [0.717, 1.165) is 31.8 Å². The Kier molecular flexibility index (Phi) is 5.69. The van der Waals surface area contributed by atoms with E-state index in [1.54, 1.807) is 0 Å². The van der Waals surface area contributed by atoms with Gasteiger partial charge in [-0.2, -0.15) is 0 Å². The van der Waals surface area contributed by atoms with Crippen LogP contribution in [0.4, 0.5) is 0 Å². The molecular formula is C12H23NO2. The Morgan fingerprint density at radius 1 is 1.40 bits per heavy atom. The first kappa shape index (κ1) is 12.5. The van der Waals surface area contributed by atoms with Gasteiger partial charge in [0, 0.05) is 6.54 Å². The Labute approximate surface area is 92.8 Å². The molecule has 0 radical (unpaired) electrons. The van der Waals surface area contributed by atoms with Crippen LogP contribution in [0.3, 0.4) is 0 Å². The van der Waals surface area contributed by atoms with E-state index in [0.29, 0.717) is 13.2 Å². The molecule has 0 heterocycles. The summed E-state index contributed by atoms with van der Waals surface area (Å²) in [6, 6.07) is 0. The molecule has 0 bridgehead atoms. The van der Waals surface area contributed by atoms with Crippen molar-refractivity contribution in [1.29, 1.82) is 0 Å². The predicted molar refractivity (Wildman–Crippen MR) is 60.7 cm³/mol. The van der Waals surface area contributed by atoms with E-state index in [4.69, 9.17) is 4.74 Å². The fourth-order valence-corrected chi connectivity index (χ4v) is 1.53. The SMILES string of the molecule is CCCCOC(=O)CN(CC)CC1CC1. The summed E-state index contributed by atoms with van der Waals surface area (Å²) in [7, 11) is 0. The lowest BCUT2D eigenvalue weighted by Crippen LogP contribution is -2.32. The number of hydrogen-bond acceptors (Lipinski definition) is 3. The van der Waals surface area contributed by atoms with Gasteiger partial charge in [-0.1, -0.05) is 20.3 Å². The molecule has 3 heteroatoms. The monoisotopic (exact) mass is 213 g/mol. The first-order valence-corrected chi connectivity index (χ1v) is 6.14. The van der Waals surface area contributed by atoms with Crippen molar-refractivity contribution in [3.63, 3.8) is 0 Å². The summed E-state index contributed by atoms with van der Waals surface area (Å²) in [6.45, 7) is 7.26. The van der Waals surface area contributed by atoms with Gasteiger partial charge in [0.25, 0.3) is 0 Å². The van der Waals surface area contributed by atoms with Gasteiger partial charge in [0.15, 0.2) is 0 Å². The minimum absolute atomic E-state index is 0.0639. The number of esters is 1. The zero-order chi connectivity index (χ0) is 11.1. The van der Waals surface area contributed by atoms with Crippen molar-refractivity contribution >= 4 is 5.97 Å². The molecule has 0 N–H and O–H groups in total. The summed E-state index contributed by atoms with van der Waals surface area (Å²) in [5.74, 6) is 0.777. The number of hydrogen-bond donors (Lipinski definition) is 0. The molecule has 1 aliphatic rings. The average molecular weight is 213 g/mol. The summed E-state index contributed by atoms with van der Waals surface area (Å²) in [5.41, 5.74) is 0. The zero-order valence-electron chi connectivity index (χ0n) is 10.00. The summed E-state index contributed by atoms with van der Waals surface area (Å²) in [5, 5.41) is 0. The van der Waals surface area contributed by atoms with Crippen LogP contribution in [0.1, 0.15) is 39.5 Å². The maximum absolute atomic E-state index is 11.4. The van der Waals surface area contributed by atoms with Gasteiger partial charge in [-0.15, -0.1) is 0 Å². The smallest absolute Gasteiger partial charge is 0.320 e. The third-order valence-corrected chi connectivity index (χ3v) is 2.77. The fraction of sp³-hybridized carbons (Fsp3) is 0.917. The first-order valence-electron chi connectivity index (χ1n) is 6.14. The van der Waals surface area contributed by atoms with Crippen LogP contribution in [-0.4, -0.2) is 37.1 Å². The number of likely N-dealkylation sites (N-methyl/N-ethyl adjacent to an activating group) is 1. The van der Waals surface area contributed by atoms with Gasteiger partial charge in [-0.05, 0) is 31.7 Å². The van der Waals surface area contributed by atoms with Gasteiger partial charge < -0.3 is 4.74 Å². The summed E-state index contributed by atoms with van der Waals surface area (Å²) in [4.78, 5) is 13.6. The van der Waals surface area contributed by atoms with E-state index in [2.05, 4.69) is 18.7 Å². The lowest BCUT2D eigenvalue weighted by molar-refractivity contribution is -0.145. The van der Waals surface area contributed by atoms with E-state index in [1.165, 1.54) is 12.8 Å². The average Bonchev–Trinajstić information content (AvgIpc) is 3.01. The van der Waals surface area contributed by atoms with Gasteiger partial charge in [-0.3, -0.25) is 9.69 Å². The highest BCUT2D eigenvalue weighted by atomic mass is 16.5. The Morgan fingerprint density at radius 2 is 2.13 bits per heavy atom. The Balaban J connectivity index is 2.09. The van der Waals surface area contributed by atoms with Crippen LogP contribution in [0.25, 0.3) is 0 Å². The number of rotatable bonds is 8. The second kappa shape index (κ2) is 6.83. The topological polar surface area (TPSA) is 29.5 Å². The van der Waals surface area contributed by atoms with Gasteiger partial charge in [0.1, 0.15) is 0 Å². The maximum atomic E-state index is 11.4. The second-order valence-corrected chi connectivity index (χ2v) is 4.35. The van der Waals surface area contributed by atoms with Crippen molar-refractivity contribution < 1.29 is 9.53 Å². The van der Waals surface area contributed by atoms with E-state index < -0.39 is 0 Å². The largest absolute Gasteiger partial charge is 0.465 e. The van der Waals surface area contributed by atoms with E-state index in [-0.39, 0.29) is 5.97 Å². The van der Waals surface area contributed by atoms with E-state index in [1.807, 2.05) is 0 Å². The lowest BCUT2D eigenvalue weighted by Gasteiger charge is -2.18. The van der Waals surface area contributed by atoms with Crippen molar-refractivity contribution in [3.8, 4) is 0 Å². The molecule has 88 valence electrons. The Morgan fingerprint density at radius 3 is 2.67 bits per heavy atom. The van der Waals surface area contributed by atoms with Gasteiger partial charge >= 0.3 is 5.97 Å². The Hall–Kier alpha value is -0.570. The van der Waals surface area contributed by atoms with Crippen LogP contribution in [0.5, 0.6) is 0 Å². The number of ether oxygens (including phenoxy) is 1. The third kappa shape index (κ3) is 5.78. The molecule has 0 atom stereocenters. The van der Waals surface area contributed by atoms with Crippen LogP contribution in [0, 0.1) is 5.92 Å². The van der Waals surface area contributed by atoms with Crippen molar-refractivity contribution in [2.75, 3.05) is 26.2 Å². The summed E-state index contributed by atoms with van der Waals surface area (Å²) >= 11 is 0. The molecule has 0 unspecified atom stereocenters. The number of unbranched alkanes of at least 4 members (excludes halogenated alkanes) is 1. The quantitative estimate of drug-likeness (QED) is 0.456. The van der Waals surface area contributed by atoms with Crippen LogP contribution < -0.4 is 0 Å². The van der Waals surface area contributed by atoms with E-state index in [9.17, 15) is 4.79 Å². The second-order valence-electron chi connectivity index (χ2n) is 4.35. The molecule has 1 rings (SSSR count). The minimum atomic E-state index is -0.0639. The Bertz CT molecular complexity index is 190. The van der Waals surface area contributed by atoms with Crippen LogP contribution in [0.15, 0.2) is 0 Å². The normalized spacial score (nSPS) is 15.7. The van der Waals surface area contributed by atoms with Crippen LogP contribution in [0.2, 0.25) is 0 Å². The maximum Gasteiger partial charge on any atom is 0.320 e. The third-order valence-electron chi connectivity index (χ3n) is 2.77. The zero-order valence-corrected chi connectivity index (χ0v) is 10.00. The van der Waals surface area contributed by atoms with Crippen molar-refractivity contribution in [2.24, 2.45) is 5.92 Å². The number of nitrogens with zero attached hydrogens (tertiary/aromatic N) is 1. The van der Waals surface area contributed by atoms with Crippen molar-refractivity contribution in [1.82, 2.24) is 4.90 Å². The molecule has 1 saturated carbocycles.